The maximum absolute atomic E-state index is 13.2. The SMILES string of the molecule is CS(=O)(=O)c1ccc(OC(F)F)c(-c2nn([C@H]3CCOC3=O)cc2NC(=O)c2cnn3cccnc23)c1. The molecule has 1 N–H and O–H groups in total. The van der Waals surface area contributed by atoms with Gasteiger partial charge in [-0.25, -0.2) is 22.7 Å². The van der Waals surface area contributed by atoms with E-state index in [9.17, 15) is 26.8 Å². The molecule has 1 aromatic carbocycles. The van der Waals surface area contributed by atoms with Gasteiger partial charge in [0, 0.05) is 30.6 Å². The Hall–Kier alpha value is -4.40. The van der Waals surface area contributed by atoms with Crippen LogP contribution in [0.2, 0.25) is 0 Å². The lowest BCUT2D eigenvalue weighted by atomic mass is 10.1. The number of fused-ring (bicyclic) bond motifs is 1. The summed E-state index contributed by atoms with van der Waals surface area (Å²) < 4.78 is 63.0. The fourth-order valence-electron chi connectivity index (χ4n) is 3.87. The van der Waals surface area contributed by atoms with Crippen LogP contribution in [0.15, 0.2) is 53.9 Å². The summed E-state index contributed by atoms with van der Waals surface area (Å²) in [6, 6.07) is 4.09. The van der Waals surface area contributed by atoms with Gasteiger partial charge in [-0.05, 0) is 24.3 Å². The van der Waals surface area contributed by atoms with Crippen LogP contribution in [0.4, 0.5) is 14.5 Å². The van der Waals surface area contributed by atoms with Crippen molar-refractivity contribution < 1.29 is 36.3 Å². The Bertz CT molecular complexity index is 1630. The van der Waals surface area contributed by atoms with Crippen molar-refractivity contribution in [2.45, 2.75) is 24.0 Å². The third kappa shape index (κ3) is 4.72. The number of nitrogens with one attached hydrogen (secondary N) is 1. The van der Waals surface area contributed by atoms with E-state index in [0.29, 0.717) is 0 Å². The number of halogens is 2. The van der Waals surface area contributed by atoms with E-state index in [4.69, 9.17) is 4.74 Å². The van der Waals surface area contributed by atoms with Crippen LogP contribution in [0, 0.1) is 0 Å². The molecular weight excluding hydrogens is 514 g/mol. The number of benzene rings is 1. The average Bonchev–Trinajstić information content (AvgIpc) is 3.56. The molecule has 1 saturated heterocycles. The second-order valence-corrected chi connectivity index (χ2v) is 10.1. The molecular formula is C22H18F2N6O6S. The number of anilines is 1. The normalized spacial score (nSPS) is 15.8. The van der Waals surface area contributed by atoms with E-state index < -0.39 is 34.4 Å². The number of nitrogens with zero attached hydrogens (tertiary/aromatic N) is 5. The summed E-state index contributed by atoms with van der Waals surface area (Å²) in [6.07, 6.45) is 6.95. The predicted molar refractivity (Wildman–Crippen MR) is 123 cm³/mol. The van der Waals surface area contributed by atoms with Gasteiger partial charge >= 0.3 is 12.6 Å². The van der Waals surface area contributed by atoms with E-state index in [-0.39, 0.29) is 51.8 Å². The third-order valence-corrected chi connectivity index (χ3v) is 6.69. The second kappa shape index (κ2) is 9.24. The molecule has 0 spiro atoms. The number of aromatic nitrogens is 5. The summed E-state index contributed by atoms with van der Waals surface area (Å²) in [5.74, 6) is -1.60. The maximum atomic E-state index is 13.2. The fourth-order valence-corrected chi connectivity index (χ4v) is 4.51. The number of carbonyl (C=O) groups is 2. The summed E-state index contributed by atoms with van der Waals surface area (Å²) in [6.45, 7) is -3.07. The molecule has 3 aromatic heterocycles. The van der Waals surface area contributed by atoms with Crippen molar-refractivity contribution in [3.63, 3.8) is 0 Å². The van der Waals surface area contributed by atoms with E-state index >= 15 is 0 Å². The summed E-state index contributed by atoms with van der Waals surface area (Å²) in [7, 11) is -3.75. The number of hydrogen-bond acceptors (Lipinski definition) is 9. The van der Waals surface area contributed by atoms with Gasteiger partial charge in [0.1, 0.15) is 17.0 Å². The molecule has 0 radical (unpaired) electrons. The highest BCUT2D eigenvalue weighted by atomic mass is 32.2. The van der Waals surface area contributed by atoms with E-state index in [2.05, 4.69) is 25.2 Å². The molecule has 4 aromatic rings. The first-order valence-corrected chi connectivity index (χ1v) is 12.7. The summed E-state index contributed by atoms with van der Waals surface area (Å²) in [4.78, 5) is 29.3. The van der Waals surface area contributed by atoms with Crippen molar-refractivity contribution in [1.82, 2.24) is 24.4 Å². The summed E-state index contributed by atoms with van der Waals surface area (Å²) in [5.41, 5.74) is 0.132. The van der Waals surface area contributed by atoms with Crippen LogP contribution in [0.25, 0.3) is 16.9 Å². The molecule has 1 aliphatic heterocycles. The Morgan fingerprint density at radius 1 is 1.32 bits per heavy atom. The lowest BCUT2D eigenvalue weighted by Crippen LogP contribution is -2.15. The zero-order chi connectivity index (χ0) is 26.3. The molecule has 0 aliphatic carbocycles. The number of rotatable bonds is 7. The van der Waals surface area contributed by atoms with Crippen LogP contribution in [0.3, 0.4) is 0 Å². The number of amides is 1. The van der Waals surface area contributed by atoms with Crippen molar-refractivity contribution >= 4 is 33.0 Å². The lowest BCUT2D eigenvalue weighted by molar-refractivity contribution is -0.140. The number of alkyl halides is 2. The van der Waals surface area contributed by atoms with Crippen LogP contribution in [-0.4, -0.2) is 64.1 Å². The molecule has 1 fully saturated rings. The van der Waals surface area contributed by atoms with E-state index in [1.807, 2.05) is 0 Å². The monoisotopic (exact) mass is 532 g/mol. The summed E-state index contributed by atoms with van der Waals surface area (Å²) >= 11 is 0. The van der Waals surface area contributed by atoms with Gasteiger partial charge < -0.3 is 14.8 Å². The molecule has 1 atom stereocenters. The largest absolute Gasteiger partial charge is 0.464 e. The van der Waals surface area contributed by atoms with Crippen molar-refractivity contribution in [2.24, 2.45) is 0 Å². The van der Waals surface area contributed by atoms with Gasteiger partial charge in [0.25, 0.3) is 5.91 Å². The molecule has 0 unspecified atom stereocenters. The Morgan fingerprint density at radius 2 is 2.14 bits per heavy atom. The second-order valence-electron chi connectivity index (χ2n) is 8.05. The minimum absolute atomic E-state index is 0.00440. The minimum atomic E-state index is -3.75. The van der Waals surface area contributed by atoms with Crippen LogP contribution in [0.1, 0.15) is 22.8 Å². The standard InChI is InChI=1S/C22H18F2N6O6S/c1-37(33,34)12-3-4-17(36-22(23)24)13(9-12)18-15(11-30(28-18)16-5-8-35-21(16)32)27-20(31)14-10-26-29-7-2-6-25-19(14)29/h2-4,6-7,9-11,16,22H,5,8H2,1H3,(H,27,31)/t16-/m0/s1. The topological polar surface area (TPSA) is 147 Å². The van der Waals surface area contributed by atoms with E-state index in [0.717, 1.165) is 24.5 Å². The zero-order valence-corrected chi connectivity index (χ0v) is 19.9. The average molecular weight is 532 g/mol. The summed E-state index contributed by atoms with van der Waals surface area (Å²) in [5, 5.41) is 11.1. The highest BCUT2D eigenvalue weighted by molar-refractivity contribution is 7.90. The number of sulfone groups is 1. The van der Waals surface area contributed by atoms with Crippen LogP contribution in [-0.2, 0) is 19.4 Å². The van der Waals surface area contributed by atoms with Gasteiger partial charge in [-0.2, -0.15) is 19.0 Å². The fraction of sp³-hybridized carbons (Fsp3) is 0.227. The smallest absolute Gasteiger partial charge is 0.387 e. The molecule has 0 bridgehead atoms. The molecule has 37 heavy (non-hydrogen) atoms. The van der Waals surface area contributed by atoms with Crippen LogP contribution in [0.5, 0.6) is 5.75 Å². The van der Waals surface area contributed by atoms with Crippen molar-refractivity contribution in [1.29, 1.82) is 0 Å². The first kappa shape index (κ1) is 24.3. The third-order valence-electron chi connectivity index (χ3n) is 5.58. The Morgan fingerprint density at radius 3 is 2.84 bits per heavy atom. The molecule has 15 heteroatoms. The van der Waals surface area contributed by atoms with Gasteiger partial charge in [0.15, 0.2) is 21.5 Å². The number of hydrogen-bond donors (Lipinski definition) is 1. The van der Waals surface area contributed by atoms with E-state index in [1.165, 1.54) is 27.8 Å². The van der Waals surface area contributed by atoms with Crippen molar-refractivity contribution in [3.8, 4) is 17.0 Å². The number of esters is 1. The molecule has 4 heterocycles. The lowest BCUT2D eigenvalue weighted by Gasteiger charge is -2.12. The van der Waals surface area contributed by atoms with Crippen molar-refractivity contribution in [2.75, 3.05) is 18.2 Å². The maximum Gasteiger partial charge on any atom is 0.387 e. The Balaban J connectivity index is 1.64. The zero-order valence-electron chi connectivity index (χ0n) is 19.0. The van der Waals surface area contributed by atoms with Gasteiger partial charge in [-0.3, -0.25) is 9.48 Å². The predicted octanol–water partition coefficient (Wildman–Crippen LogP) is 2.34. The number of ether oxygens (including phenoxy) is 2. The van der Waals surface area contributed by atoms with Gasteiger partial charge in [-0.1, -0.05) is 0 Å². The quantitative estimate of drug-likeness (QED) is 0.354. The van der Waals surface area contributed by atoms with Crippen LogP contribution < -0.4 is 10.1 Å². The number of carbonyl (C=O) groups excluding carboxylic acids is 2. The van der Waals surface area contributed by atoms with E-state index in [1.54, 1.807) is 12.3 Å². The highest BCUT2D eigenvalue weighted by Crippen LogP contribution is 2.38. The first-order chi connectivity index (χ1) is 17.6. The molecule has 1 aliphatic rings. The van der Waals surface area contributed by atoms with Gasteiger partial charge in [0.05, 0.1) is 29.6 Å². The van der Waals surface area contributed by atoms with Crippen LogP contribution >= 0.6 is 0 Å². The van der Waals surface area contributed by atoms with Gasteiger partial charge in [0.2, 0.25) is 0 Å². The minimum Gasteiger partial charge on any atom is -0.464 e. The molecule has 192 valence electrons. The highest BCUT2D eigenvalue weighted by Gasteiger charge is 2.31. The molecule has 0 saturated carbocycles. The molecule has 5 rings (SSSR count). The van der Waals surface area contributed by atoms with Crippen molar-refractivity contribution in [3.05, 3.63) is 54.6 Å². The Labute approximate surface area is 207 Å². The molecule has 1 amide bonds. The Kier molecular flexibility index (Phi) is 6.07. The molecule has 12 nitrogen and oxygen atoms in total. The van der Waals surface area contributed by atoms with Gasteiger partial charge in [-0.15, -0.1) is 0 Å². The number of cyclic esters (lactones) is 1. The first-order valence-electron chi connectivity index (χ1n) is 10.8.